The Kier molecular flexibility index (Phi) is 4.65. The van der Waals surface area contributed by atoms with Crippen LogP contribution < -0.4 is 5.32 Å². The Morgan fingerprint density at radius 1 is 1.56 bits per heavy atom. The highest BCUT2D eigenvalue weighted by atomic mass is 16.6. The molecular formula is C12H16N2O4. The van der Waals surface area contributed by atoms with E-state index in [4.69, 9.17) is 5.11 Å². The van der Waals surface area contributed by atoms with Crippen LogP contribution in [0.2, 0.25) is 0 Å². The van der Waals surface area contributed by atoms with Crippen LogP contribution in [0.3, 0.4) is 0 Å². The highest BCUT2D eigenvalue weighted by Crippen LogP contribution is 2.26. The number of nitrogens with zero attached hydrogens (tertiary/aromatic N) is 1. The summed E-state index contributed by atoms with van der Waals surface area (Å²) in [6.45, 7) is 3.61. The highest BCUT2D eigenvalue weighted by molar-refractivity contribution is 5.79. The number of nitro groups is 1. The van der Waals surface area contributed by atoms with Crippen LogP contribution in [0.15, 0.2) is 18.2 Å². The Bertz CT molecular complexity index is 459. The van der Waals surface area contributed by atoms with Gasteiger partial charge in [0.05, 0.1) is 4.92 Å². The third-order valence-corrected chi connectivity index (χ3v) is 2.56. The van der Waals surface area contributed by atoms with E-state index in [1.165, 1.54) is 6.07 Å². The molecule has 1 aromatic rings. The topological polar surface area (TPSA) is 92.5 Å². The van der Waals surface area contributed by atoms with Crippen molar-refractivity contribution in [3.63, 3.8) is 0 Å². The van der Waals surface area contributed by atoms with Gasteiger partial charge in [-0.15, -0.1) is 0 Å². The molecule has 2 N–H and O–H groups in total. The highest BCUT2D eigenvalue weighted by Gasteiger charge is 2.21. The zero-order valence-electron chi connectivity index (χ0n) is 10.3. The number of hydrogen-bond acceptors (Lipinski definition) is 4. The summed E-state index contributed by atoms with van der Waals surface area (Å²) in [6.07, 6.45) is 1.10. The summed E-state index contributed by atoms with van der Waals surface area (Å²) in [5.41, 5.74) is 0.901. The van der Waals surface area contributed by atoms with Gasteiger partial charge < -0.3 is 10.4 Å². The maximum atomic E-state index is 11.0. The molecule has 0 spiro atoms. The van der Waals surface area contributed by atoms with E-state index >= 15 is 0 Å². The Labute approximate surface area is 105 Å². The van der Waals surface area contributed by atoms with Gasteiger partial charge in [-0.1, -0.05) is 19.4 Å². The van der Waals surface area contributed by atoms with Crippen molar-refractivity contribution in [2.75, 3.05) is 5.32 Å². The van der Waals surface area contributed by atoms with Crippen molar-refractivity contribution in [2.24, 2.45) is 0 Å². The lowest BCUT2D eigenvalue weighted by molar-refractivity contribution is -0.384. The fraction of sp³-hybridized carbons (Fsp3) is 0.417. The minimum absolute atomic E-state index is 0.0997. The predicted octanol–water partition coefficient (Wildman–Crippen LogP) is 2.57. The van der Waals surface area contributed by atoms with Crippen molar-refractivity contribution in [1.82, 2.24) is 0 Å². The first-order valence-corrected chi connectivity index (χ1v) is 5.70. The van der Waals surface area contributed by atoms with Crippen molar-refractivity contribution >= 4 is 17.3 Å². The van der Waals surface area contributed by atoms with E-state index in [0.29, 0.717) is 12.8 Å². The number of carboxylic acids is 1. The van der Waals surface area contributed by atoms with Crippen molar-refractivity contribution in [1.29, 1.82) is 0 Å². The van der Waals surface area contributed by atoms with Crippen molar-refractivity contribution in [3.05, 3.63) is 33.9 Å². The van der Waals surface area contributed by atoms with Crippen LogP contribution in [-0.4, -0.2) is 22.0 Å². The lowest BCUT2D eigenvalue weighted by Crippen LogP contribution is -2.29. The molecule has 0 bridgehead atoms. The molecule has 0 amide bonds. The smallest absolute Gasteiger partial charge is 0.326 e. The maximum absolute atomic E-state index is 11.0. The first-order valence-electron chi connectivity index (χ1n) is 5.70. The van der Waals surface area contributed by atoms with Gasteiger partial charge in [-0.2, -0.15) is 0 Å². The van der Waals surface area contributed by atoms with E-state index in [9.17, 15) is 14.9 Å². The number of anilines is 1. The first-order chi connectivity index (χ1) is 8.45. The van der Waals surface area contributed by atoms with Crippen LogP contribution in [0.5, 0.6) is 0 Å². The van der Waals surface area contributed by atoms with Gasteiger partial charge in [0.25, 0.3) is 5.69 Å². The molecule has 6 nitrogen and oxygen atoms in total. The average Bonchev–Trinajstić information content (AvgIpc) is 2.30. The van der Waals surface area contributed by atoms with Gasteiger partial charge >= 0.3 is 5.97 Å². The minimum atomic E-state index is -1.01. The van der Waals surface area contributed by atoms with Gasteiger partial charge in [-0.05, 0) is 25.0 Å². The first kappa shape index (κ1) is 14.0. The standard InChI is InChI=1S/C12H16N2O4/c1-3-4-10(12(15)16)13-9-6-5-8(2)7-11(9)14(17)18/h5-7,10,13H,3-4H2,1-2H3,(H,15,16). The van der Waals surface area contributed by atoms with E-state index in [1.54, 1.807) is 19.1 Å². The molecule has 6 heteroatoms. The third-order valence-electron chi connectivity index (χ3n) is 2.56. The summed E-state index contributed by atoms with van der Waals surface area (Å²) in [5, 5.41) is 22.6. The van der Waals surface area contributed by atoms with Crippen LogP contribution in [0.4, 0.5) is 11.4 Å². The molecule has 0 saturated heterocycles. The molecular weight excluding hydrogens is 236 g/mol. The van der Waals surface area contributed by atoms with Gasteiger partial charge in [-0.25, -0.2) is 4.79 Å². The Morgan fingerprint density at radius 2 is 2.22 bits per heavy atom. The molecule has 0 aliphatic carbocycles. The number of carbonyl (C=O) groups is 1. The maximum Gasteiger partial charge on any atom is 0.326 e. The lowest BCUT2D eigenvalue weighted by Gasteiger charge is -2.15. The number of carboxylic acid groups (broad SMARTS) is 1. The largest absolute Gasteiger partial charge is 0.480 e. The molecule has 0 fully saturated rings. The zero-order chi connectivity index (χ0) is 13.7. The summed E-state index contributed by atoms with van der Waals surface area (Å²) in [6, 6.07) is 3.86. The van der Waals surface area contributed by atoms with E-state index in [0.717, 1.165) is 5.56 Å². The molecule has 0 aliphatic rings. The molecule has 1 unspecified atom stereocenters. The number of aliphatic carboxylic acids is 1. The quantitative estimate of drug-likeness (QED) is 0.599. The van der Waals surface area contributed by atoms with Crippen molar-refractivity contribution in [3.8, 4) is 0 Å². The fourth-order valence-corrected chi connectivity index (χ4v) is 1.65. The second-order valence-electron chi connectivity index (χ2n) is 4.10. The second kappa shape index (κ2) is 6.00. The van der Waals surface area contributed by atoms with Crippen molar-refractivity contribution < 1.29 is 14.8 Å². The summed E-state index contributed by atoms with van der Waals surface area (Å²) in [7, 11) is 0. The second-order valence-corrected chi connectivity index (χ2v) is 4.10. The van der Waals surface area contributed by atoms with Gasteiger partial charge in [0.1, 0.15) is 11.7 Å². The minimum Gasteiger partial charge on any atom is -0.480 e. The van der Waals surface area contributed by atoms with Crippen molar-refractivity contribution in [2.45, 2.75) is 32.7 Å². The SMILES string of the molecule is CCCC(Nc1ccc(C)cc1[N+](=O)[O-])C(=O)O. The van der Waals surface area contributed by atoms with Crippen LogP contribution in [0, 0.1) is 17.0 Å². The summed E-state index contributed by atoms with van der Waals surface area (Å²) in [4.78, 5) is 21.4. The van der Waals surface area contributed by atoms with E-state index < -0.39 is 16.9 Å². The average molecular weight is 252 g/mol. The molecule has 0 heterocycles. The normalized spacial score (nSPS) is 11.9. The Balaban J connectivity index is 3.01. The van der Waals surface area contributed by atoms with E-state index in [1.807, 2.05) is 6.92 Å². The predicted molar refractivity (Wildman–Crippen MR) is 67.8 cm³/mol. The number of rotatable bonds is 6. The molecule has 0 aliphatic heterocycles. The molecule has 18 heavy (non-hydrogen) atoms. The Morgan fingerprint density at radius 3 is 2.72 bits per heavy atom. The molecule has 1 atom stereocenters. The van der Waals surface area contributed by atoms with Crippen LogP contribution in [0.1, 0.15) is 25.3 Å². The summed E-state index contributed by atoms with van der Waals surface area (Å²) >= 11 is 0. The van der Waals surface area contributed by atoms with Crippen LogP contribution >= 0.6 is 0 Å². The number of aryl methyl sites for hydroxylation is 1. The summed E-state index contributed by atoms with van der Waals surface area (Å²) < 4.78 is 0. The van der Waals surface area contributed by atoms with Crippen LogP contribution in [-0.2, 0) is 4.79 Å². The number of hydrogen-bond donors (Lipinski definition) is 2. The monoisotopic (exact) mass is 252 g/mol. The van der Waals surface area contributed by atoms with Gasteiger partial charge in [0.2, 0.25) is 0 Å². The number of nitrogens with one attached hydrogen (secondary N) is 1. The number of nitro benzene ring substituents is 1. The van der Waals surface area contributed by atoms with Gasteiger partial charge in [0.15, 0.2) is 0 Å². The van der Waals surface area contributed by atoms with Crippen LogP contribution in [0.25, 0.3) is 0 Å². The zero-order valence-corrected chi connectivity index (χ0v) is 10.3. The van der Waals surface area contributed by atoms with E-state index in [2.05, 4.69) is 5.32 Å². The molecule has 98 valence electrons. The van der Waals surface area contributed by atoms with E-state index in [-0.39, 0.29) is 11.4 Å². The molecule has 0 radical (unpaired) electrons. The Hall–Kier alpha value is -2.11. The fourth-order valence-electron chi connectivity index (χ4n) is 1.65. The summed E-state index contributed by atoms with van der Waals surface area (Å²) in [5.74, 6) is -1.01. The third kappa shape index (κ3) is 3.44. The molecule has 1 rings (SSSR count). The molecule has 0 aromatic heterocycles. The lowest BCUT2D eigenvalue weighted by atomic mass is 10.1. The van der Waals surface area contributed by atoms with Gasteiger partial charge in [-0.3, -0.25) is 10.1 Å². The number of benzene rings is 1. The molecule has 1 aromatic carbocycles. The molecule has 0 saturated carbocycles. The van der Waals surface area contributed by atoms with Gasteiger partial charge in [0, 0.05) is 6.07 Å².